The summed E-state index contributed by atoms with van der Waals surface area (Å²) >= 11 is 0. The van der Waals surface area contributed by atoms with Gasteiger partial charge in [-0.3, -0.25) is 15.3 Å². The van der Waals surface area contributed by atoms with Gasteiger partial charge >= 0.3 is 0 Å². The molecule has 8 heteroatoms. The average molecular weight is 280 g/mol. The number of guanidine groups is 2. The van der Waals surface area contributed by atoms with Crippen molar-refractivity contribution in [2.75, 3.05) is 14.1 Å². The maximum absolute atomic E-state index is 8.20. The van der Waals surface area contributed by atoms with Gasteiger partial charge in [-0.05, 0) is 27.7 Å². The van der Waals surface area contributed by atoms with E-state index in [1.807, 2.05) is 27.7 Å². The summed E-state index contributed by atoms with van der Waals surface area (Å²) in [5.41, 5.74) is 2.39. The highest BCUT2D eigenvalue weighted by Gasteiger charge is 1.99. The van der Waals surface area contributed by atoms with E-state index < -0.39 is 0 Å². The monoisotopic (exact) mass is 280 g/mol. The van der Waals surface area contributed by atoms with E-state index in [0.29, 0.717) is 24.0 Å². The number of nitrogens with one attached hydrogen (secondary N) is 4. The van der Waals surface area contributed by atoms with E-state index in [1.54, 1.807) is 20.3 Å². The highest BCUT2D eigenvalue weighted by Crippen LogP contribution is 1.76. The average Bonchev–Trinajstić information content (AvgIpc) is 2.37. The van der Waals surface area contributed by atoms with Crippen molar-refractivity contribution in [3.8, 4) is 6.19 Å². The van der Waals surface area contributed by atoms with Crippen molar-refractivity contribution in [2.24, 2.45) is 9.98 Å². The smallest absolute Gasteiger partial charge is 0.262 e. The minimum Gasteiger partial charge on any atom is -0.353 e. The molecule has 0 aliphatic heterocycles. The van der Waals surface area contributed by atoms with Crippen LogP contribution in [0.5, 0.6) is 0 Å². The lowest BCUT2D eigenvalue weighted by Crippen LogP contribution is -2.38. The summed E-state index contributed by atoms with van der Waals surface area (Å²) < 4.78 is 0. The molecule has 0 amide bonds. The fourth-order valence-corrected chi connectivity index (χ4v) is 0.956. The van der Waals surface area contributed by atoms with Crippen LogP contribution in [0, 0.1) is 18.0 Å². The Hall–Kier alpha value is -2.48. The Kier molecular flexibility index (Phi) is 12.9. The van der Waals surface area contributed by atoms with Crippen LogP contribution in [0.4, 0.5) is 0 Å². The Morgan fingerprint density at radius 2 is 1.50 bits per heavy atom. The first kappa shape index (κ1) is 19.9. The van der Waals surface area contributed by atoms with Crippen LogP contribution in [0.25, 0.3) is 4.95 Å². The normalized spacial score (nSPS) is 10.9. The van der Waals surface area contributed by atoms with E-state index in [2.05, 4.69) is 36.3 Å². The lowest BCUT2D eigenvalue weighted by molar-refractivity contribution is 0.717. The SMILES string of the molecule is CN=C(NC#N)NC(C)C.[C-]#[N+]NC(=NC)NC(C)C. The van der Waals surface area contributed by atoms with E-state index in [4.69, 9.17) is 11.8 Å². The molecule has 0 aromatic heterocycles. The number of hydrogen-bond donors (Lipinski definition) is 4. The van der Waals surface area contributed by atoms with Gasteiger partial charge in [-0.1, -0.05) is 5.43 Å². The molecule has 0 radical (unpaired) electrons. The molecular weight excluding hydrogens is 256 g/mol. The Labute approximate surface area is 121 Å². The van der Waals surface area contributed by atoms with Crippen LogP contribution in [0.3, 0.4) is 0 Å². The zero-order valence-corrected chi connectivity index (χ0v) is 12.9. The van der Waals surface area contributed by atoms with Crippen molar-refractivity contribution < 1.29 is 0 Å². The van der Waals surface area contributed by atoms with Gasteiger partial charge in [-0.2, -0.15) is 16.8 Å². The Morgan fingerprint density at radius 3 is 1.80 bits per heavy atom. The predicted molar refractivity (Wildman–Crippen MR) is 81.7 cm³/mol. The molecule has 0 heterocycles. The van der Waals surface area contributed by atoms with Gasteiger partial charge in [-0.25, -0.2) is 0 Å². The summed E-state index contributed by atoms with van der Waals surface area (Å²) in [4.78, 5) is 10.6. The molecular formula is C12H24N8. The molecule has 0 aliphatic rings. The standard InChI is InChI=1S/2C6H12N4/c1-5(2)10-6(8-3)9-4-7;1-5(2)9-6(7-3)10-8-4/h5H,1-3H3,(H2,8,9,10);5H,1-3H3,(H2,7,9,10). The zero-order valence-electron chi connectivity index (χ0n) is 12.9. The van der Waals surface area contributed by atoms with E-state index >= 15 is 0 Å². The third-order valence-corrected chi connectivity index (χ3v) is 1.63. The van der Waals surface area contributed by atoms with E-state index in [0.717, 1.165) is 0 Å². The van der Waals surface area contributed by atoms with Crippen LogP contribution in [-0.4, -0.2) is 38.1 Å². The lowest BCUT2D eigenvalue weighted by Gasteiger charge is -2.09. The van der Waals surface area contributed by atoms with Crippen LogP contribution < -0.4 is 21.4 Å². The fourth-order valence-electron chi connectivity index (χ4n) is 0.956. The Morgan fingerprint density at radius 1 is 1.05 bits per heavy atom. The first-order chi connectivity index (χ1) is 9.40. The second-order valence-corrected chi connectivity index (χ2v) is 4.20. The van der Waals surface area contributed by atoms with Gasteiger partial charge < -0.3 is 10.6 Å². The molecule has 20 heavy (non-hydrogen) atoms. The third-order valence-electron chi connectivity index (χ3n) is 1.63. The molecule has 0 saturated carbocycles. The number of aliphatic imine (C=N–C) groups is 2. The van der Waals surface area contributed by atoms with E-state index in [-0.39, 0.29) is 0 Å². The van der Waals surface area contributed by atoms with Gasteiger partial charge in [0.1, 0.15) is 0 Å². The molecule has 0 spiro atoms. The number of hydrogen-bond acceptors (Lipinski definition) is 3. The molecule has 0 rings (SSSR count). The molecule has 0 unspecified atom stereocenters. The summed E-state index contributed by atoms with van der Waals surface area (Å²) in [5, 5.41) is 16.5. The maximum atomic E-state index is 8.20. The van der Waals surface area contributed by atoms with Crippen LogP contribution >= 0.6 is 0 Å². The summed E-state index contributed by atoms with van der Waals surface area (Å²) in [6, 6.07) is 0.590. The van der Waals surface area contributed by atoms with Crippen LogP contribution in [0.2, 0.25) is 0 Å². The molecule has 0 fully saturated rings. The zero-order chi connectivity index (χ0) is 16.0. The highest BCUT2D eigenvalue weighted by atomic mass is 15.4. The third kappa shape index (κ3) is 13.6. The van der Waals surface area contributed by atoms with Crippen molar-refractivity contribution in [2.45, 2.75) is 39.8 Å². The van der Waals surface area contributed by atoms with E-state index in [1.165, 1.54) is 0 Å². The molecule has 0 aromatic carbocycles. The number of rotatable bonds is 2. The first-order valence-corrected chi connectivity index (χ1v) is 6.15. The Balaban J connectivity index is 0. The van der Waals surface area contributed by atoms with Gasteiger partial charge in [0.15, 0.2) is 6.19 Å². The van der Waals surface area contributed by atoms with Crippen molar-refractivity contribution in [1.82, 2.24) is 21.4 Å². The lowest BCUT2D eigenvalue weighted by atomic mass is 10.4. The number of nitriles is 1. The van der Waals surface area contributed by atoms with Gasteiger partial charge in [-0.15, -0.1) is 0 Å². The second-order valence-electron chi connectivity index (χ2n) is 4.20. The molecule has 0 saturated heterocycles. The number of nitrogens with zero attached hydrogens (tertiary/aromatic N) is 4. The van der Waals surface area contributed by atoms with Crippen molar-refractivity contribution >= 4 is 11.9 Å². The Bertz CT molecular complexity index is 345. The van der Waals surface area contributed by atoms with Gasteiger partial charge in [0.2, 0.25) is 5.96 Å². The summed E-state index contributed by atoms with van der Waals surface area (Å²) in [5.74, 6) is 1.03. The fraction of sp³-hybridized carbons (Fsp3) is 0.667. The topological polar surface area (TPSA) is 101 Å². The quantitative estimate of drug-likeness (QED) is 0.147. The largest absolute Gasteiger partial charge is 0.353 e. The van der Waals surface area contributed by atoms with Crippen LogP contribution in [-0.2, 0) is 0 Å². The van der Waals surface area contributed by atoms with Crippen LogP contribution in [0.15, 0.2) is 9.98 Å². The van der Waals surface area contributed by atoms with Gasteiger partial charge in [0.05, 0.1) is 0 Å². The summed E-state index contributed by atoms with van der Waals surface area (Å²) in [7, 11) is 3.25. The van der Waals surface area contributed by atoms with Crippen molar-refractivity contribution in [3.63, 3.8) is 0 Å². The van der Waals surface area contributed by atoms with E-state index in [9.17, 15) is 0 Å². The first-order valence-electron chi connectivity index (χ1n) is 6.15. The molecule has 0 bridgehead atoms. The summed E-state index contributed by atoms with van der Waals surface area (Å²) in [6.45, 7) is 14.4. The van der Waals surface area contributed by atoms with Crippen LogP contribution in [0.1, 0.15) is 27.7 Å². The predicted octanol–water partition coefficient (Wildman–Crippen LogP) is 0.435. The highest BCUT2D eigenvalue weighted by molar-refractivity contribution is 5.81. The maximum Gasteiger partial charge on any atom is 0.262 e. The second kappa shape index (κ2) is 13.0. The van der Waals surface area contributed by atoms with Crippen molar-refractivity contribution in [3.05, 3.63) is 11.5 Å². The molecule has 8 nitrogen and oxygen atoms in total. The summed E-state index contributed by atoms with van der Waals surface area (Å²) in [6.07, 6.45) is 1.78. The molecule has 112 valence electrons. The molecule has 4 N–H and O–H groups in total. The van der Waals surface area contributed by atoms with Crippen molar-refractivity contribution in [1.29, 1.82) is 5.26 Å². The van der Waals surface area contributed by atoms with Gasteiger partial charge in [0, 0.05) is 26.2 Å². The van der Waals surface area contributed by atoms with Gasteiger partial charge in [0.25, 0.3) is 5.96 Å². The molecule has 0 aliphatic carbocycles. The minimum atomic E-state index is 0.291. The molecule has 0 atom stereocenters. The minimum absolute atomic E-state index is 0.291. The molecule has 0 aromatic rings.